The zero-order valence-electron chi connectivity index (χ0n) is 13.8. The van der Waals surface area contributed by atoms with Crippen LogP contribution in [0.5, 0.6) is 0 Å². The molecule has 24 heavy (non-hydrogen) atoms. The molecule has 0 atom stereocenters. The lowest BCUT2D eigenvalue weighted by atomic mass is 10.2. The Balaban J connectivity index is 1.89. The summed E-state index contributed by atoms with van der Waals surface area (Å²) in [6.07, 6.45) is 8.52. The zero-order valence-corrected chi connectivity index (χ0v) is 13.8. The summed E-state index contributed by atoms with van der Waals surface area (Å²) in [6, 6.07) is 5.38. The summed E-state index contributed by atoms with van der Waals surface area (Å²) in [5.74, 6) is -0.295. The number of amides is 1. The molecule has 0 unspecified atom stereocenters. The monoisotopic (exact) mass is 322 g/mol. The van der Waals surface area contributed by atoms with E-state index < -0.39 is 0 Å². The highest BCUT2D eigenvalue weighted by molar-refractivity contribution is 6.04. The van der Waals surface area contributed by atoms with Crippen molar-refractivity contribution in [1.29, 1.82) is 0 Å². The van der Waals surface area contributed by atoms with Crippen molar-refractivity contribution >= 4 is 17.3 Å². The molecule has 3 aromatic rings. The SMILES string of the molecule is Cc1cnn(-c2ccncc2NC(=O)c2cc(N(C)C)ccn2)c1. The second-order valence-corrected chi connectivity index (χ2v) is 5.60. The van der Waals surface area contributed by atoms with Gasteiger partial charge in [0, 0.05) is 38.4 Å². The van der Waals surface area contributed by atoms with E-state index >= 15 is 0 Å². The van der Waals surface area contributed by atoms with Crippen LogP contribution in [0.2, 0.25) is 0 Å². The minimum absolute atomic E-state index is 0.295. The van der Waals surface area contributed by atoms with Crippen LogP contribution in [0.1, 0.15) is 16.1 Å². The van der Waals surface area contributed by atoms with E-state index in [-0.39, 0.29) is 5.91 Å². The first kappa shape index (κ1) is 15.7. The third kappa shape index (κ3) is 3.24. The molecule has 3 rings (SSSR count). The average Bonchev–Trinajstić information content (AvgIpc) is 3.01. The second kappa shape index (κ2) is 6.49. The maximum Gasteiger partial charge on any atom is 0.274 e. The van der Waals surface area contributed by atoms with Crippen LogP contribution >= 0.6 is 0 Å². The number of carbonyl (C=O) groups is 1. The Bertz CT molecular complexity index is 871. The highest BCUT2D eigenvalue weighted by atomic mass is 16.1. The van der Waals surface area contributed by atoms with Crippen molar-refractivity contribution < 1.29 is 4.79 Å². The van der Waals surface area contributed by atoms with Gasteiger partial charge < -0.3 is 10.2 Å². The lowest BCUT2D eigenvalue weighted by molar-refractivity contribution is 0.102. The molecule has 0 spiro atoms. The van der Waals surface area contributed by atoms with E-state index in [0.29, 0.717) is 11.4 Å². The summed E-state index contributed by atoms with van der Waals surface area (Å²) in [7, 11) is 3.83. The van der Waals surface area contributed by atoms with Gasteiger partial charge in [0.15, 0.2) is 0 Å². The largest absolute Gasteiger partial charge is 0.378 e. The first-order chi connectivity index (χ1) is 11.5. The quantitative estimate of drug-likeness (QED) is 0.797. The second-order valence-electron chi connectivity index (χ2n) is 5.60. The fourth-order valence-corrected chi connectivity index (χ4v) is 2.24. The summed E-state index contributed by atoms with van der Waals surface area (Å²) >= 11 is 0. The van der Waals surface area contributed by atoms with Gasteiger partial charge in [-0.2, -0.15) is 5.10 Å². The summed E-state index contributed by atoms with van der Waals surface area (Å²) in [4.78, 5) is 22.7. The third-order valence-corrected chi connectivity index (χ3v) is 3.50. The van der Waals surface area contributed by atoms with Crippen molar-refractivity contribution in [3.8, 4) is 5.69 Å². The molecule has 7 heteroatoms. The van der Waals surface area contributed by atoms with Crippen LogP contribution in [0.15, 0.2) is 49.2 Å². The van der Waals surface area contributed by atoms with Crippen LogP contribution in [0.4, 0.5) is 11.4 Å². The number of rotatable bonds is 4. The molecule has 0 aliphatic carbocycles. The third-order valence-electron chi connectivity index (χ3n) is 3.50. The van der Waals surface area contributed by atoms with Crippen molar-refractivity contribution in [2.45, 2.75) is 6.92 Å². The molecule has 7 nitrogen and oxygen atoms in total. The molecule has 0 aliphatic heterocycles. The van der Waals surface area contributed by atoms with Crippen molar-refractivity contribution in [2.24, 2.45) is 0 Å². The maximum absolute atomic E-state index is 12.5. The van der Waals surface area contributed by atoms with Gasteiger partial charge in [-0.15, -0.1) is 0 Å². The molecule has 122 valence electrons. The van der Waals surface area contributed by atoms with Gasteiger partial charge in [0.2, 0.25) is 0 Å². The van der Waals surface area contributed by atoms with Gasteiger partial charge in [0.1, 0.15) is 5.69 Å². The minimum Gasteiger partial charge on any atom is -0.378 e. The van der Waals surface area contributed by atoms with Crippen molar-refractivity contribution in [1.82, 2.24) is 19.7 Å². The van der Waals surface area contributed by atoms with E-state index in [1.165, 1.54) is 0 Å². The molecule has 1 N–H and O–H groups in total. The molecule has 3 aromatic heterocycles. The summed E-state index contributed by atoms with van der Waals surface area (Å²) in [5.41, 5.74) is 3.60. The topological polar surface area (TPSA) is 75.9 Å². The predicted molar refractivity (Wildman–Crippen MR) is 92.6 cm³/mol. The van der Waals surface area contributed by atoms with E-state index in [0.717, 1.165) is 16.9 Å². The molecular weight excluding hydrogens is 304 g/mol. The van der Waals surface area contributed by atoms with Crippen LogP contribution in [0, 0.1) is 6.92 Å². The van der Waals surface area contributed by atoms with Gasteiger partial charge in [-0.05, 0) is 30.7 Å². The molecule has 0 aliphatic rings. The molecule has 0 bridgehead atoms. The Morgan fingerprint density at radius 3 is 2.75 bits per heavy atom. The number of nitrogens with zero attached hydrogens (tertiary/aromatic N) is 5. The van der Waals surface area contributed by atoms with E-state index in [4.69, 9.17) is 0 Å². The number of hydrogen-bond donors (Lipinski definition) is 1. The predicted octanol–water partition coefficient (Wildman–Crippen LogP) is 2.29. The first-order valence-corrected chi connectivity index (χ1v) is 7.45. The fraction of sp³-hybridized carbons (Fsp3) is 0.176. The number of anilines is 2. The Hall–Kier alpha value is -3.22. The van der Waals surface area contributed by atoms with E-state index in [9.17, 15) is 4.79 Å². The Kier molecular flexibility index (Phi) is 4.24. The van der Waals surface area contributed by atoms with Gasteiger partial charge in [0.05, 0.1) is 23.8 Å². The van der Waals surface area contributed by atoms with Gasteiger partial charge in [-0.25, -0.2) is 4.68 Å². The van der Waals surface area contributed by atoms with Gasteiger partial charge in [-0.3, -0.25) is 14.8 Å². The number of carbonyl (C=O) groups excluding carboxylic acids is 1. The summed E-state index contributed by atoms with van der Waals surface area (Å²) in [5, 5.41) is 7.14. The number of aryl methyl sites for hydroxylation is 1. The molecular formula is C17H18N6O. The number of hydrogen-bond acceptors (Lipinski definition) is 5. The molecule has 3 heterocycles. The molecule has 1 amide bonds. The van der Waals surface area contributed by atoms with Crippen LogP contribution in [-0.4, -0.2) is 39.8 Å². The maximum atomic E-state index is 12.5. The van der Waals surface area contributed by atoms with E-state index in [2.05, 4.69) is 20.4 Å². The van der Waals surface area contributed by atoms with E-state index in [1.54, 1.807) is 41.6 Å². The lowest BCUT2D eigenvalue weighted by Crippen LogP contribution is -2.17. The van der Waals surface area contributed by atoms with Gasteiger partial charge in [0.25, 0.3) is 5.91 Å². The Morgan fingerprint density at radius 2 is 2.04 bits per heavy atom. The molecule has 0 aromatic carbocycles. The average molecular weight is 322 g/mol. The standard InChI is InChI=1S/C17H18N6O/c1-12-9-20-23(11-12)16-5-6-18-10-15(16)21-17(24)14-8-13(22(2)3)4-7-19-14/h4-11H,1-3H3,(H,21,24). The Morgan fingerprint density at radius 1 is 1.21 bits per heavy atom. The van der Waals surface area contributed by atoms with Crippen LogP contribution in [-0.2, 0) is 0 Å². The van der Waals surface area contributed by atoms with Crippen molar-refractivity contribution in [3.05, 3.63) is 60.4 Å². The normalized spacial score (nSPS) is 10.5. The number of aromatic nitrogens is 4. The highest BCUT2D eigenvalue weighted by Gasteiger charge is 2.13. The molecule has 0 saturated heterocycles. The molecule has 0 fully saturated rings. The number of nitrogens with one attached hydrogen (secondary N) is 1. The van der Waals surface area contributed by atoms with Crippen molar-refractivity contribution in [2.75, 3.05) is 24.3 Å². The van der Waals surface area contributed by atoms with Gasteiger partial charge in [-0.1, -0.05) is 0 Å². The van der Waals surface area contributed by atoms with Crippen LogP contribution in [0.3, 0.4) is 0 Å². The van der Waals surface area contributed by atoms with E-state index in [1.807, 2.05) is 38.2 Å². The smallest absolute Gasteiger partial charge is 0.274 e. The highest BCUT2D eigenvalue weighted by Crippen LogP contribution is 2.20. The zero-order chi connectivity index (χ0) is 17.1. The minimum atomic E-state index is -0.295. The van der Waals surface area contributed by atoms with Gasteiger partial charge >= 0.3 is 0 Å². The Labute approximate surface area is 140 Å². The lowest BCUT2D eigenvalue weighted by Gasteiger charge is -2.13. The first-order valence-electron chi connectivity index (χ1n) is 7.45. The molecule has 0 saturated carbocycles. The van der Waals surface area contributed by atoms with Crippen LogP contribution in [0.25, 0.3) is 5.69 Å². The fourth-order valence-electron chi connectivity index (χ4n) is 2.24. The van der Waals surface area contributed by atoms with Crippen molar-refractivity contribution in [3.63, 3.8) is 0 Å². The summed E-state index contributed by atoms with van der Waals surface area (Å²) < 4.78 is 1.70. The van der Waals surface area contributed by atoms with Crippen LogP contribution < -0.4 is 10.2 Å². The summed E-state index contributed by atoms with van der Waals surface area (Å²) in [6.45, 7) is 1.96. The molecule has 0 radical (unpaired) electrons. The number of pyridine rings is 2.